The van der Waals surface area contributed by atoms with Crippen molar-refractivity contribution in [2.24, 2.45) is 0 Å². The van der Waals surface area contributed by atoms with E-state index in [0.29, 0.717) is 45.4 Å². The van der Waals surface area contributed by atoms with Crippen molar-refractivity contribution in [2.75, 3.05) is 26.3 Å². The van der Waals surface area contributed by atoms with Crippen molar-refractivity contribution >= 4 is 12.0 Å². The average molecular weight is 302 g/mol. The van der Waals surface area contributed by atoms with Crippen LogP contribution in [0.1, 0.15) is 39.5 Å². The van der Waals surface area contributed by atoms with Crippen LogP contribution in [-0.2, 0) is 9.53 Å². The van der Waals surface area contributed by atoms with Crippen LogP contribution in [0.15, 0.2) is 0 Å². The number of aliphatic hydroxyl groups is 1. The summed E-state index contributed by atoms with van der Waals surface area (Å²) in [5.74, 6) is -0.998. The fourth-order valence-corrected chi connectivity index (χ4v) is 2.51. The summed E-state index contributed by atoms with van der Waals surface area (Å²) in [7, 11) is 0. The fraction of sp³-hybridized carbons (Fsp3) is 0.857. The molecular weight excluding hydrogens is 276 g/mol. The second kappa shape index (κ2) is 8.19. The second-order valence-corrected chi connectivity index (χ2v) is 5.31. The molecule has 1 heterocycles. The van der Waals surface area contributed by atoms with Crippen molar-refractivity contribution in [3.8, 4) is 0 Å². The van der Waals surface area contributed by atoms with Gasteiger partial charge in [-0.3, -0.25) is 0 Å². The van der Waals surface area contributed by atoms with E-state index in [1.807, 2.05) is 0 Å². The predicted molar refractivity (Wildman–Crippen MR) is 77.1 cm³/mol. The predicted octanol–water partition coefficient (Wildman–Crippen LogP) is 0.813. The first-order valence-corrected chi connectivity index (χ1v) is 7.52. The number of urea groups is 1. The Bertz CT molecular complexity index is 349. The van der Waals surface area contributed by atoms with Crippen LogP contribution in [0.4, 0.5) is 4.79 Å². The number of hydrogen-bond donors (Lipinski definition) is 3. The Kier molecular flexibility index (Phi) is 6.91. The number of amides is 2. The van der Waals surface area contributed by atoms with Gasteiger partial charge in [-0.25, -0.2) is 9.59 Å². The van der Waals surface area contributed by atoms with Crippen LogP contribution in [-0.4, -0.2) is 65.1 Å². The molecular formula is C14H26N2O5. The van der Waals surface area contributed by atoms with E-state index in [9.17, 15) is 14.7 Å². The molecule has 3 N–H and O–H groups in total. The minimum absolute atomic E-state index is 0.00513. The van der Waals surface area contributed by atoms with Crippen molar-refractivity contribution in [1.82, 2.24) is 10.2 Å². The minimum atomic E-state index is -1.19. The van der Waals surface area contributed by atoms with E-state index >= 15 is 0 Å². The molecule has 122 valence electrons. The summed E-state index contributed by atoms with van der Waals surface area (Å²) in [6, 6.07) is -0.332. The van der Waals surface area contributed by atoms with Gasteiger partial charge in [0.25, 0.3) is 0 Å². The third-order valence-corrected chi connectivity index (χ3v) is 4.14. The van der Waals surface area contributed by atoms with Gasteiger partial charge >= 0.3 is 12.0 Å². The highest BCUT2D eigenvalue weighted by Gasteiger charge is 2.38. The molecule has 0 bridgehead atoms. The zero-order chi connectivity index (χ0) is 15.9. The van der Waals surface area contributed by atoms with Crippen molar-refractivity contribution in [3.05, 3.63) is 0 Å². The molecule has 0 spiro atoms. The molecule has 7 nitrogen and oxygen atoms in total. The Morgan fingerprint density at radius 3 is 2.29 bits per heavy atom. The lowest BCUT2D eigenvalue weighted by Gasteiger charge is -2.35. The fourth-order valence-electron chi connectivity index (χ4n) is 2.51. The SMILES string of the molecule is CCC(CC)(NC(=O)N1CCC(OCCO)CC1)C(=O)O. The first-order valence-electron chi connectivity index (χ1n) is 7.52. The number of hydrogen-bond acceptors (Lipinski definition) is 4. The maximum atomic E-state index is 12.2. The number of carboxylic acids is 1. The molecule has 0 unspecified atom stereocenters. The quantitative estimate of drug-likeness (QED) is 0.646. The number of ether oxygens (including phenoxy) is 1. The van der Waals surface area contributed by atoms with E-state index in [0.717, 1.165) is 0 Å². The highest BCUT2D eigenvalue weighted by Crippen LogP contribution is 2.18. The molecule has 0 aromatic heterocycles. The van der Waals surface area contributed by atoms with Crippen molar-refractivity contribution < 1.29 is 24.5 Å². The summed E-state index contributed by atoms with van der Waals surface area (Å²) < 4.78 is 5.44. The van der Waals surface area contributed by atoms with Gasteiger partial charge in [-0.05, 0) is 25.7 Å². The number of carbonyl (C=O) groups excluding carboxylic acids is 1. The highest BCUT2D eigenvalue weighted by molar-refractivity contribution is 5.86. The third kappa shape index (κ3) is 4.57. The number of carbonyl (C=O) groups is 2. The zero-order valence-electron chi connectivity index (χ0n) is 12.8. The van der Waals surface area contributed by atoms with Gasteiger partial charge in [-0.2, -0.15) is 0 Å². The summed E-state index contributed by atoms with van der Waals surface area (Å²) in [6.07, 6.45) is 2.15. The van der Waals surface area contributed by atoms with Crippen LogP contribution in [0.5, 0.6) is 0 Å². The van der Waals surface area contributed by atoms with E-state index in [2.05, 4.69) is 5.32 Å². The lowest BCUT2D eigenvalue weighted by Crippen LogP contribution is -2.58. The molecule has 1 rings (SSSR count). The number of piperidine rings is 1. The molecule has 7 heteroatoms. The monoisotopic (exact) mass is 302 g/mol. The van der Waals surface area contributed by atoms with Gasteiger partial charge in [-0.15, -0.1) is 0 Å². The molecule has 1 fully saturated rings. The Hall–Kier alpha value is -1.34. The number of nitrogens with zero attached hydrogens (tertiary/aromatic N) is 1. The Morgan fingerprint density at radius 1 is 1.29 bits per heavy atom. The molecule has 2 amide bonds. The molecule has 0 atom stereocenters. The van der Waals surface area contributed by atoms with E-state index in [1.54, 1.807) is 18.7 Å². The van der Waals surface area contributed by atoms with E-state index in [1.165, 1.54) is 0 Å². The lowest BCUT2D eigenvalue weighted by atomic mass is 9.93. The van der Waals surface area contributed by atoms with Gasteiger partial charge in [0.1, 0.15) is 5.54 Å². The lowest BCUT2D eigenvalue weighted by molar-refractivity contribution is -0.144. The number of carboxylic acid groups (broad SMARTS) is 1. The van der Waals surface area contributed by atoms with Gasteiger partial charge in [0, 0.05) is 13.1 Å². The molecule has 0 radical (unpaired) electrons. The Morgan fingerprint density at radius 2 is 1.86 bits per heavy atom. The topological polar surface area (TPSA) is 99.1 Å². The summed E-state index contributed by atoms with van der Waals surface area (Å²) in [5.41, 5.74) is -1.19. The first kappa shape index (κ1) is 17.7. The highest BCUT2D eigenvalue weighted by atomic mass is 16.5. The molecule has 0 saturated carbocycles. The van der Waals surface area contributed by atoms with Crippen molar-refractivity contribution in [3.63, 3.8) is 0 Å². The van der Waals surface area contributed by atoms with E-state index in [-0.39, 0.29) is 18.7 Å². The van der Waals surface area contributed by atoms with E-state index in [4.69, 9.17) is 9.84 Å². The molecule has 21 heavy (non-hydrogen) atoms. The molecule has 1 aliphatic rings. The Balaban J connectivity index is 2.52. The normalized spacial score (nSPS) is 16.8. The first-order chi connectivity index (χ1) is 9.99. The van der Waals surface area contributed by atoms with Gasteiger partial charge in [0.05, 0.1) is 19.3 Å². The van der Waals surface area contributed by atoms with Crippen LogP contribution in [0, 0.1) is 0 Å². The molecule has 0 aliphatic carbocycles. The van der Waals surface area contributed by atoms with Crippen LogP contribution in [0.25, 0.3) is 0 Å². The second-order valence-electron chi connectivity index (χ2n) is 5.31. The summed E-state index contributed by atoms with van der Waals surface area (Å²) in [6.45, 7) is 4.88. The van der Waals surface area contributed by atoms with Crippen LogP contribution < -0.4 is 5.32 Å². The van der Waals surface area contributed by atoms with Gasteiger partial charge in [-0.1, -0.05) is 13.8 Å². The van der Waals surface area contributed by atoms with Crippen molar-refractivity contribution in [1.29, 1.82) is 0 Å². The Labute approximate surface area is 125 Å². The van der Waals surface area contributed by atoms with Gasteiger partial charge in [0.15, 0.2) is 0 Å². The number of nitrogens with one attached hydrogen (secondary N) is 1. The maximum Gasteiger partial charge on any atom is 0.329 e. The number of aliphatic hydroxyl groups excluding tert-OH is 1. The van der Waals surface area contributed by atoms with Crippen LogP contribution >= 0.6 is 0 Å². The number of likely N-dealkylation sites (tertiary alicyclic amines) is 1. The largest absolute Gasteiger partial charge is 0.480 e. The number of rotatable bonds is 7. The van der Waals surface area contributed by atoms with Crippen LogP contribution in [0.2, 0.25) is 0 Å². The third-order valence-electron chi connectivity index (χ3n) is 4.14. The summed E-state index contributed by atoms with van der Waals surface area (Å²) in [4.78, 5) is 25.2. The molecule has 0 aromatic carbocycles. The standard InChI is InChI=1S/C14H26N2O5/c1-3-14(4-2,12(18)19)15-13(20)16-7-5-11(6-8-16)21-10-9-17/h11,17H,3-10H2,1-2H3,(H,15,20)(H,18,19). The maximum absolute atomic E-state index is 12.2. The van der Waals surface area contributed by atoms with Gasteiger partial charge < -0.3 is 25.2 Å². The molecule has 0 aromatic rings. The minimum Gasteiger partial charge on any atom is -0.480 e. The molecule has 1 saturated heterocycles. The molecule has 1 aliphatic heterocycles. The number of aliphatic carboxylic acids is 1. The van der Waals surface area contributed by atoms with Crippen molar-refractivity contribution in [2.45, 2.75) is 51.2 Å². The van der Waals surface area contributed by atoms with Gasteiger partial charge in [0.2, 0.25) is 0 Å². The van der Waals surface area contributed by atoms with Crippen LogP contribution in [0.3, 0.4) is 0 Å². The van der Waals surface area contributed by atoms with E-state index < -0.39 is 11.5 Å². The summed E-state index contributed by atoms with van der Waals surface area (Å²) in [5, 5.41) is 20.7. The smallest absolute Gasteiger partial charge is 0.329 e. The zero-order valence-corrected chi connectivity index (χ0v) is 12.8. The summed E-state index contributed by atoms with van der Waals surface area (Å²) >= 11 is 0. The average Bonchev–Trinajstić information content (AvgIpc) is 2.50.